The number of urea groups is 1. The van der Waals surface area contributed by atoms with Crippen LogP contribution in [-0.4, -0.2) is 48.7 Å². The van der Waals surface area contributed by atoms with Crippen molar-refractivity contribution in [2.24, 2.45) is 5.92 Å². The Morgan fingerprint density at radius 3 is 2.75 bits per heavy atom. The maximum Gasteiger partial charge on any atom is 0.345 e. The summed E-state index contributed by atoms with van der Waals surface area (Å²) in [7, 11) is 0. The number of hydrogen-bond donors (Lipinski definition) is 2. The van der Waals surface area contributed by atoms with Crippen molar-refractivity contribution in [1.29, 1.82) is 0 Å². The van der Waals surface area contributed by atoms with Gasteiger partial charge in [0.25, 0.3) is 0 Å². The summed E-state index contributed by atoms with van der Waals surface area (Å²) >= 11 is 5.87. The maximum absolute atomic E-state index is 13.5. The number of alkyl halides is 2. The Morgan fingerprint density at radius 1 is 1.39 bits per heavy atom. The molecule has 1 saturated heterocycles. The number of benzene rings is 1. The van der Waals surface area contributed by atoms with Gasteiger partial charge in [-0.05, 0) is 43.4 Å². The van der Waals surface area contributed by atoms with Crippen molar-refractivity contribution < 1.29 is 27.5 Å². The average Bonchev–Trinajstić information content (AvgIpc) is 2.60. The standard InChI is InChI=1S/C18H21ClF3N3O3/c1-9-16(26)23-4-5-25(9)18(27)24-15(10-2-3-14(20)13(19)8-10)11-6-12(7-11)28-17(21)22/h2-3,8-9,11-12,15,17H,4-7H2,1H3,(H,23,26)(H,24,27)/t9-,11?,12?,15+/m1/s1. The average molecular weight is 420 g/mol. The van der Waals surface area contributed by atoms with Crippen LogP contribution in [0.25, 0.3) is 0 Å². The molecule has 2 N–H and O–H groups in total. The van der Waals surface area contributed by atoms with E-state index in [0.29, 0.717) is 31.5 Å². The number of halogens is 4. The molecule has 2 fully saturated rings. The highest BCUT2D eigenvalue weighted by molar-refractivity contribution is 6.30. The van der Waals surface area contributed by atoms with E-state index in [1.165, 1.54) is 23.1 Å². The zero-order valence-electron chi connectivity index (χ0n) is 15.1. The molecular formula is C18H21ClF3N3O3. The Morgan fingerprint density at radius 2 is 2.11 bits per heavy atom. The molecule has 1 aromatic carbocycles. The molecule has 2 atom stereocenters. The van der Waals surface area contributed by atoms with Crippen LogP contribution in [0.15, 0.2) is 18.2 Å². The first-order valence-corrected chi connectivity index (χ1v) is 9.37. The first-order chi connectivity index (χ1) is 13.3. The van der Waals surface area contributed by atoms with Crippen molar-refractivity contribution in [3.8, 4) is 0 Å². The Kier molecular flexibility index (Phi) is 6.34. The van der Waals surface area contributed by atoms with E-state index >= 15 is 0 Å². The van der Waals surface area contributed by atoms with Crippen LogP contribution in [0.3, 0.4) is 0 Å². The van der Waals surface area contributed by atoms with E-state index in [1.807, 2.05) is 0 Å². The number of ether oxygens (including phenoxy) is 1. The number of carbonyl (C=O) groups excluding carboxylic acids is 2. The Balaban J connectivity index is 1.75. The van der Waals surface area contributed by atoms with Gasteiger partial charge in [0, 0.05) is 13.1 Å². The molecule has 3 amide bonds. The molecule has 1 aliphatic heterocycles. The van der Waals surface area contributed by atoms with Gasteiger partial charge in [0.05, 0.1) is 17.2 Å². The second-order valence-corrected chi connectivity index (χ2v) is 7.42. The van der Waals surface area contributed by atoms with Crippen molar-refractivity contribution >= 4 is 23.5 Å². The normalized spacial score (nSPS) is 25.9. The number of rotatable bonds is 5. The van der Waals surface area contributed by atoms with Crippen LogP contribution < -0.4 is 10.6 Å². The summed E-state index contributed by atoms with van der Waals surface area (Å²) in [4.78, 5) is 26.0. The summed E-state index contributed by atoms with van der Waals surface area (Å²) in [5.74, 6) is -1.02. The molecule has 3 rings (SSSR count). The lowest BCUT2D eigenvalue weighted by atomic mass is 9.75. The fraction of sp³-hybridized carbons (Fsp3) is 0.556. The van der Waals surface area contributed by atoms with Gasteiger partial charge in [-0.15, -0.1) is 0 Å². The fourth-order valence-electron chi connectivity index (χ4n) is 3.59. The van der Waals surface area contributed by atoms with E-state index in [-0.39, 0.29) is 16.8 Å². The third-order valence-corrected chi connectivity index (χ3v) is 5.53. The molecule has 0 spiro atoms. The quantitative estimate of drug-likeness (QED) is 0.770. The number of piperazine rings is 1. The SMILES string of the molecule is C[C@@H]1C(=O)NCCN1C(=O)N[C@@H](c1ccc(F)c(Cl)c1)C1CC(OC(F)F)C1. The van der Waals surface area contributed by atoms with E-state index in [2.05, 4.69) is 15.4 Å². The Labute approximate surface area is 165 Å². The van der Waals surface area contributed by atoms with Crippen molar-refractivity contribution in [3.63, 3.8) is 0 Å². The van der Waals surface area contributed by atoms with Gasteiger partial charge < -0.3 is 20.3 Å². The molecule has 28 heavy (non-hydrogen) atoms. The molecule has 6 nitrogen and oxygen atoms in total. The van der Waals surface area contributed by atoms with E-state index in [0.717, 1.165) is 0 Å². The van der Waals surface area contributed by atoms with Gasteiger partial charge in [-0.1, -0.05) is 17.7 Å². The molecule has 154 valence electrons. The Hall–Kier alpha value is -2.00. The summed E-state index contributed by atoms with van der Waals surface area (Å²) in [6.45, 7) is -0.547. The van der Waals surface area contributed by atoms with Crippen LogP contribution in [0.2, 0.25) is 5.02 Å². The maximum atomic E-state index is 13.5. The van der Waals surface area contributed by atoms with Gasteiger partial charge >= 0.3 is 12.6 Å². The highest BCUT2D eigenvalue weighted by Crippen LogP contribution is 2.41. The van der Waals surface area contributed by atoms with E-state index in [9.17, 15) is 22.8 Å². The molecule has 0 unspecified atom stereocenters. The smallest absolute Gasteiger partial charge is 0.345 e. The van der Waals surface area contributed by atoms with Crippen molar-refractivity contribution in [2.75, 3.05) is 13.1 Å². The number of amides is 3. The predicted molar refractivity (Wildman–Crippen MR) is 95.5 cm³/mol. The van der Waals surface area contributed by atoms with Crippen LogP contribution >= 0.6 is 11.6 Å². The fourth-order valence-corrected chi connectivity index (χ4v) is 3.78. The number of hydrogen-bond acceptors (Lipinski definition) is 3. The van der Waals surface area contributed by atoms with Crippen molar-refractivity contribution in [1.82, 2.24) is 15.5 Å². The van der Waals surface area contributed by atoms with E-state index < -0.39 is 36.6 Å². The van der Waals surface area contributed by atoms with E-state index in [1.54, 1.807) is 6.92 Å². The van der Waals surface area contributed by atoms with Crippen LogP contribution in [0.4, 0.5) is 18.0 Å². The van der Waals surface area contributed by atoms with Gasteiger partial charge in [0.1, 0.15) is 11.9 Å². The molecule has 0 aromatic heterocycles. The molecular weight excluding hydrogens is 399 g/mol. The number of carbonyl (C=O) groups is 2. The predicted octanol–water partition coefficient (Wildman–Crippen LogP) is 3.07. The topological polar surface area (TPSA) is 70.7 Å². The zero-order chi connectivity index (χ0) is 20.4. The number of nitrogens with one attached hydrogen (secondary N) is 2. The second kappa shape index (κ2) is 8.57. The van der Waals surface area contributed by atoms with Crippen LogP contribution in [0.5, 0.6) is 0 Å². The van der Waals surface area contributed by atoms with Crippen molar-refractivity contribution in [2.45, 2.75) is 44.6 Å². The first kappa shape index (κ1) is 20.7. The highest BCUT2D eigenvalue weighted by atomic mass is 35.5. The highest BCUT2D eigenvalue weighted by Gasteiger charge is 2.40. The van der Waals surface area contributed by atoms with Crippen LogP contribution in [-0.2, 0) is 9.53 Å². The second-order valence-electron chi connectivity index (χ2n) is 7.01. The Bertz CT molecular complexity index is 746. The minimum atomic E-state index is -2.85. The summed E-state index contributed by atoms with van der Waals surface area (Å²) in [6, 6.07) is 2.45. The molecule has 10 heteroatoms. The van der Waals surface area contributed by atoms with Crippen LogP contribution in [0, 0.1) is 11.7 Å². The van der Waals surface area contributed by atoms with E-state index in [4.69, 9.17) is 11.6 Å². The molecule has 1 saturated carbocycles. The largest absolute Gasteiger partial charge is 0.353 e. The summed E-state index contributed by atoms with van der Waals surface area (Å²) in [5, 5.41) is 5.44. The summed E-state index contributed by atoms with van der Waals surface area (Å²) in [6.07, 6.45) is 0.0423. The monoisotopic (exact) mass is 419 g/mol. The molecule has 0 radical (unpaired) electrons. The lowest BCUT2D eigenvalue weighted by Crippen LogP contribution is -2.59. The third kappa shape index (κ3) is 4.52. The first-order valence-electron chi connectivity index (χ1n) is 8.99. The summed E-state index contributed by atoms with van der Waals surface area (Å²) < 4.78 is 42.8. The molecule has 2 aliphatic rings. The molecule has 1 heterocycles. The van der Waals surface area contributed by atoms with Gasteiger partial charge in [-0.25, -0.2) is 9.18 Å². The zero-order valence-corrected chi connectivity index (χ0v) is 15.9. The molecule has 1 aliphatic carbocycles. The lowest BCUT2D eigenvalue weighted by molar-refractivity contribution is -0.193. The minimum Gasteiger partial charge on any atom is -0.353 e. The minimum absolute atomic E-state index is 0.0952. The van der Waals surface area contributed by atoms with Gasteiger partial charge in [0.15, 0.2) is 0 Å². The summed E-state index contributed by atoms with van der Waals surface area (Å²) in [5.41, 5.74) is 0.564. The lowest BCUT2D eigenvalue weighted by Gasteiger charge is -2.42. The molecule has 0 bridgehead atoms. The van der Waals surface area contributed by atoms with Crippen LogP contribution in [0.1, 0.15) is 31.4 Å². The molecule has 1 aromatic rings. The third-order valence-electron chi connectivity index (χ3n) is 5.24. The number of nitrogens with zero attached hydrogens (tertiary/aromatic N) is 1. The van der Waals surface area contributed by atoms with Crippen molar-refractivity contribution in [3.05, 3.63) is 34.6 Å². The van der Waals surface area contributed by atoms with Gasteiger partial charge in [-0.2, -0.15) is 8.78 Å². The van der Waals surface area contributed by atoms with Gasteiger partial charge in [-0.3, -0.25) is 4.79 Å². The van der Waals surface area contributed by atoms with Gasteiger partial charge in [0.2, 0.25) is 5.91 Å².